The highest BCUT2D eigenvalue weighted by Gasteiger charge is 2.20. The van der Waals surface area contributed by atoms with Gasteiger partial charge >= 0.3 is 0 Å². The number of nitrogens with zero attached hydrogens (tertiary/aromatic N) is 2. The second-order valence-electron chi connectivity index (χ2n) is 3.46. The average molecular weight is 211 g/mol. The Labute approximate surface area is 87.0 Å². The standard InChI is InChI=1S/C9H13N3O3/c1-9(15,5-13)4-12-8(14)7-2-10-6-11-3-7/h2-3,6,13,15H,4-5H2,1H3,(H,12,14). The molecule has 1 heterocycles. The van der Waals surface area contributed by atoms with Crippen LogP contribution in [0, 0.1) is 0 Å². The van der Waals surface area contributed by atoms with Gasteiger partial charge in [0.15, 0.2) is 0 Å². The lowest BCUT2D eigenvalue weighted by Gasteiger charge is -2.20. The maximum absolute atomic E-state index is 11.4. The Bertz CT molecular complexity index is 327. The first-order valence-corrected chi connectivity index (χ1v) is 4.41. The molecule has 1 amide bonds. The normalized spacial score (nSPS) is 14.3. The van der Waals surface area contributed by atoms with Crippen molar-refractivity contribution in [2.45, 2.75) is 12.5 Å². The van der Waals surface area contributed by atoms with Gasteiger partial charge in [-0.2, -0.15) is 0 Å². The first-order valence-electron chi connectivity index (χ1n) is 4.41. The summed E-state index contributed by atoms with van der Waals surface area (Å²) >= 11 is 0. The molecule has 1 aromatic rings. The number of aliphatic hydroxyl groups excluding tert-OH is 1. The Morgan fingerprint density at radius 1 is 1.53 bits per heavy atom. The van der Waals surface area contributed by atoms with E-state index in [4.69, 9.17) is 5.11 Å². The summed E-state index contributed by atoms with van der Waals surface area (Å²) in [7, 11) is 0. The van der Waals surface area contributed by atoms with E-state index in [0.717, 1.165) is 0 Å². The van der Waals surface area contributed by atoms with Crippen LogP contribution in [0.1, 0.15) is 17.3 Å². The summed E-state index contributed by atoms with van der Waals surface area (Å²) in [5, 5.41) is 20.6. The molecule has 0 radical (unpaired) electrons. The Balaban J connectivity index is 2.51. The van der Waals surface area contributed by atoms with Crippen molar-refractivity contribution in [1.82, 2.24) is 15.3 Å². The summed E-state index contributed by atoms with van der Waals surface area (Å²) in [5.41, 5.74) is -1.00. The van der Waals surface area contributed by atoms with Crippen LogP contribution < -0.4 is 5.32 Å². The van der Waals surface area contributed by atoms with E-state index in [9.17, 15) is 9.90 Å². The van der Waals surface area contributed by atoms with Crippen LogP contribution in [0.25, 0.3) is 0 Å². The Kier molecular flexibility index (Phi) is 3.70. The minimum absolute atomic E-state index is 0.0305. The fourth-order valence-electron chi connectivity index (χ4n) is 0.845. The van der Waals surface area contributed by atoms with Crippen molar-refractivity contribution in [2.24, 2.45) is 0 Å². The van der Waals surface area contributed by atoms with Crippen LogP contribution in [-0.2, 0) is 0 Å². The maximum Gasteiger partial charge on any atom is 0.254 e. The lowest BCUT2D eigenvalue weighted by molar-refractivity contribution is 0.00319. The number of hydrogen-bond acceptors (Lipinski definition) is 5. The van der Waals surface area contributed by atoms with Gasteiger partial charge in [-0.05, 0) is 6.92 Å². The van der Waals surface area contributed by atoms with E-state index in [1.165, 1.54) is 25.6 Å². The molecule has 0 spiro atoms. The maximum atomic E-state index is 11.4. The minimum atomic E-state index is -1.31. The molecule has 3 N–H and O–H groups in total. The third kappa shape index (κ3) is 3.61. The molecule has 0 fully saturated rings. The van der Waals surface area contributed by atoms with E-state index < -0.39 is 12.2 Å². The number of rotatable bonds is 4. The van der Waals surface area contributed by atoms with E-state index in [2.05, 4.69) is 15.3 Å². The molecule has 1 atom stereocenters. The summed E-state index contributed by atoms with van der Waals surface area (Å²) in [6, 6.07) is 0. The van der Waals surface area contributed by atoms with Gasteiger partial charge in [0.2, 0.25) is 0 Å². The van der Waals surface area contributed by atoms with E-state index in [0.29, 0.717) is 5.56 Å². The van der Waals surface area contributed by atoms with Gasteiger partial charge in [0.1, 0.15) is 11.9 Å². The molecule has 0 aliphatic carbocycles. The van der Waals surface area contributed by atoms with Crippen LogP contribution in [0.3, 0.4) is 0 Å². The van der Waals surface area contributed by atoms with Crippen molar-refractivity contribution < 1.29 is 15.0 Å². The molecule has 1 aromatic heterocycles. The third-order valence-corrected chi connectivity index (χ3v) is 1.79. The molecule has 6 nitrogen and oxygen atoms in total. The summed E-state index contributed by atoms with van der Waals surface area (Å²) in [6.07, 6.45) is 4.06. The second-order valence-corrected chi connectivity index (χ2v) is 3.46. The van der Waals surface area contributed by atoms with Gasteiger partial charge in [0.05, 0.1) is 12.2 Å². The van der Waals surface area contributed by atoms with Crippen molar-refractivity contribution in [1.29, 1.82) is 0 Å². The number of amides is 1. The smallest absolute Gasteiger partial charge is 0.254 e. The van der Waals surface area contributed by atoms with Gasteiger partial charge < -0.3 is 15.5 Å². The van der Waals surface area contributed by atoms with E-state index in [-0.39, 0.29) is 12.5 Å². The summed E-state index contributed by atoms with van der Waals surface area (Å²) in [6.45, 7) is 0.977. The summed E-state index contributed by atoms with van der Waals surface area (Å²) < 4.78 is 0. The highest BCUT2D eigenvalue weighted by molar-refractivity contribution is 5.93. The van der Waals surface area contributed by atoms with Crippen LogP contribution in [0.4, 0.5) is 0 Å². The van der Waals surface area contributed by atoms with Gasteiger partial charge in [-0.1, -0.05) is 0 Å². The molecule has 0 aromatic carbocycles. The predicted molar refractivity (Wildman–Crippen MR) is 52.1 cm³/mol. The second kappa shape index (κ2) is 4.81. The zero-order valence-electron chi connectivity index (χ0n) is 8.34. The number of carbonyl (C=O) groups is 1. The topological polar surface area (TPSA) is 95.3 Å². The molecule has 82 valence electrons. The van der Waals surface area contributed by atoms with Crippen molar-refractivity contribution in [3.05, 3.63) is 24.3 Å². The molecule has 1 rings (SSSR count). The zero-order chi connectivity index (χ0) is 11.3. The minimum Gasteiger partial charge on any atom is -0.393 e. The van der Waals surface area contributed by atoms with Crippen LogP contribution in [0.2, 0.25) is 0 Å². The van der Waals surface area contributed by atoms with E-state index in [1.807, 2.05) is 0 Å². The average Bonchev–Trinajstić information content (AvgIpc) is 2.27. The molecule has 0 saturated heterocycles. The Hall–Kier alpha value is -1.53. The molecular weight excluding hydrogens is 198 g/mol. The number of hydrogen-bond donors (Lipinski definition) is 3. The van der Waals surface area contributed by atoms with Crippen molar-refractivity contribution in [3.63, 3.8) is 0 Å². The monoisotopic (exact) mass is 211 g/mol. The first kappa shape index (κ1) is 11.5. The van der Waals surface area contributed by atoms with Gasteiger partial charge in [-0.25, -0.2) is 9.97 Å². The number of nitrogens with one attached hydrogen (secondary N) is 1. The largest absolute Gasteiger partial charge is 0.393 e. The molecule has 15 heavy (non-hydrogen) atoms. The first-order chi connectivity index (χ1) is 7.05. The van der Waals surface area contributed by atoms with Gasteiger partial charge in [-0.3, -0.25) is 4.79 Å². The number of aliphatic hydroxyl groups is 2. The van der Waals surface area contributed by atoms with Crippen LogP contribution in [-0.4, -0.2) is 44.8 Å². The van der Waals surface area contributed by atoms with E-state index >= 15 is 0 Å². The van der Waals surface area contributed by atoms with Crippen molar-refractivity contribution in [2.75, 3.05) is 13.2 Å². The van der Waals surface area contributed by atoms with Crippen molar-refractivity contribution >= 4 is 5.91 Å². The predicted octanol–water partition coefficient (Wildman–Crippen LogP) is -1.05. The summed E-state index contributed by atoms with van der Waals surface area (Å²) in [5.74, 6) is -0.385. The zero-order valence-corrected chi connectivity index (χ0v) is 8.34. The molecule has 0 aliphatic rings. The highest BCUT2D eigenvalue weighted by Crippen LogP contribution is 2.00. The van der Waals surface area contributed by atoms with Crippen molar-refractivity contribution in [3.8, 4) is 0 Å². The quantitative estimate of drug-likeness (QED) is 0.590. The fourth-order valence-corrected chi connectivity index (χ4v) is 0.845. The number of aromatic nitrogens is 2. The fraction of sp³-hybridized carbons (Fsp3) is 0.444. The lowest BCUT2D eigenvalue weighted by atomic mass is 10.1. The van der Waals surface area contributed by atoms with E-state index in [1.54, 1.807) is 0 Å². The van der Waals surface area contributed by atoms with Gasteiger partial charge in [-0.15, -0.1) is 0 Å². The Morgan fingerprint density at radius 3 is 2.67 bits per heavy atom. The third-order valence-electron chi connectivity index (χ3n) is 1.79. The summed E-state index contributed by atoms with van der Waals surface area (Å²) in [4.78, 5) is 18.8. The molecular formula is C9H13N3O3. The molecule has 6 heteroatoms. The molecule has 0 aliphatic heterocycles. The SMILES string of the molecule is CC(O)(CO)CNC(=O)c1cncnc1. The molecule has 0 bridgehead atoms. The molecule has 0 saturated carbocycles. The van der Waals surface area contributed by atoms with Crippen LogP contribution >= 0.6 is 0 Å². The lowest BCUT2D eigenvalue weighted by Crippen LogP contribution is -2.43. The highest BCUT2D eigenvalue weighted by atomic mass is 16.3. The van der Waals surface area contributed by atoms with Crippen LogP contribution in [0.15, 0.2) is 18.7 Å². The Morgan fingerprint density at radius 2 is 2.13 bits per heavy atom. The van der Waals surface area contributed by atoms with Crippen LogP contribution in [0.5, 0.6) is 0 Å². The van der Waals surface area contributed by atoms with Gasteiger partial charge in [0.25, 0.3) is 5.91 Å². The van der Waals surface area contributed by atoms with Gasteiger partial charge in [0, 0.05) is 18.9 Å². The molecule has 1 unspecified atom stereocenters. The number of carbonyl (C=O) groups excluding carboxylic acids is 1.